The van der Waals surface area contributed by atoms with E-state index >= 15 is 0 Å². The highest BCUT2D eigenvalue weighted by Crippen LogP contribution is 2.41. The normalized spacial score (nSPS) is 21.2. The molecule has 8 nitrogen and oxygen atoms in total. The second-order valence-electron chi connectivity index (χ2n) is 7.38. The van der Waals surface area contributed by atoms with Crippen molar-refractivity contribution in [1.82, 2.24) is 10.2 Å². The maximum Gasteiger partial charge on any atom is 0.352 e. The highest BCUT2D eigenvalue weighted by atomic mass is 32.2. The number of carboxylic acids is 1. The van der Waals surface area contributed by atoms with E-state index in [1.165, 1.54) is 28.8 Å². The smallest absolute Gasteiger partial charge is 0.352 e. The predicted molar refractivity (Wildman–Crippen MR) is 115 cm³/mol. The Bertz CT molecular complexity index is 1050. The fourth-order valence-corrected chi connectivity index (χ4v) is 5.08. The van der Waals surface area contributed by atoms with Gasteiger partial charge in [0.1, 0.15) is 28.9 Å². The van der Waals surface area contributed by atoms with Crippen LogP contribution in [0.4, 0.5) is 0 Å². The number of fused-ring (bicyclic) bond motifs is 1. The van der Waals surface area contributed by atoms with Crippen molar-refractivity contribution in [3.8, 4) is 5.75 Å². The third kappa shape index (κ3) is 4.01. The molecule has 0 saturated carbocycles. The number of phenols is 1. The molecule has 2 heterocycles. The monoisotopic (exact) mass is 439 g/mol. The summed E-state index contributed by atoms with van der Waals surface area (Å²) in [5.74, 6) is -1.60. The topological polar surface area (TPSA) is 133 Å². The van der Waals surface area contributed by atoms with Gasteiger partial charge in [0.15, 0.2) is 0 Å². The molecule has 2 amide bonds. The number of hydrogen-bond acceptors (Lipinski definition) is 6. The van der Waals surface area contributed by atoms with Crippen LogP contribution in [0.2, 0.25) is 0 Å². The van der Waals surface area contributed by atoms with Crippen LogP contribution in [0.1, 0.15) is 17.2 Å². The Balaban J connectivity index is 1.50. The summed E-state index contributed by atoms with van der Waals surface area (Å²) < 4.78 is 0. The lowest BCUT2D eigenvalue weighted by Gasteiger charge is -2.49. The van der Waals surface area contributed by atoms with Gasteiger partial charge in [-0.1, -0.05) is 42.5 Å². The Hall–Kier alpha value is -3.30. The van der Waals surface area contributed by atoms with Gasteiger partial charge in [-0.2, -0.15) is 0 Å². The van der Waals surface area contributed by atoms with E-state index in [1.807, 2.05) is 6.07 Å². The summed E-state index contributed by atoms with van der Waals surface area (Å²) in [6.45, 7) is 0. The minimum atomic E-state index is -1.18. The first-order chi connectivity index (χ1) is 14.9. The van der Waals surface area contributed by atoms with Gasteiger partial charge in [0.2, 0.25) is 5.91 Å². The zero-order chi connectivity index (χ0) is 22.1. The fraction of sp³-hybridized carbons (Fsp3) is 0.227. The molecule has 2 aliphatic heterocycles. The quantitative estimate of drug-likeness (QED) is 0.500. The third-order valence-corrected chi connectivity index (χ3v) is 6.68. The number of nitrogens with zero attached hydrogens (tertiary/aromatic N) is 1. The number of carbonyl (C=O) groups is 3. The molecule has 0 aliphatic carbocycles. The molecule has 2 aromatic rings. The van der Waals surface area contributed by atoms with E-state index in [9.17, 15) is 24.6 Å². The number of phenolic OH excluding ortho intramolecular Hbond substituents is 1. The van der Waals surface area contributed by atoms with Crippen molar-refractivity contribution in [2.75, 3.05) is 5.75 Å². The first-order valence-corrected chi connectivity index (χ1v) is 10.7. The molecule has 3 atom stereocenters. The number of aromatic hydroxyl groups is 1. The van der Waals surface area contributed by atoms with Crippen LogP contribution < -0.4 is 11.1 Å². The molecule has 0 spiro atoms. The molecule has 2 aliphatic rings. The van der Waals surface area contributed by atoms with Gasteiger partial charge in [0, 0.05) is 5.75 Å². The van der Waals surface area contributed by atoms with Crippen LogP contribution in [0.15, 0.2) is 65.9 Å². The number of aliphatic carboxylic acids is 1. The second kappa shape index (κ2) is 8.44. The number of β-lactam (4-membered cyclic amide) rings is 1. The molecule has 1 fully saturated rings. The summed E-state index contributed by atoms with van der Waals surface area (Å²) in [6.07, 6.45) is 0.349. The predicted octanol–water partition coefficient (Wildman–Crippen LogP) is 1.37. The molecule has 1 saturated heterocycles. The van der Waals surface area contributed by atoms with Gasteiger partial charge in [0.05, 0.1) is 0 Å². The minimum Gasteiger partial charge on any atom is -0.508 e. The summed E-state index contributed by atoms with van der Waals surface area (Å²) in [7, 11) is 0. The Labute approximate surface area is 182 Å². The van der Waals surface area contributed by atoms with Gasteiger partial charge < -0.3 is 21.3 Å². The van der Waals surface area contributed by atoms with Crippen LogP contribution in [-0.4, -0.2) is 50.1 Å². The number of hydrogen-bond donors (Lipinski definition) is 4. The molecule has 31 heavy (non-hydrogen) atoms. The van der Waals surface area contributed by atoms with Crippen molar-refractivity contribution in [3.05, 3.63) is 77.0 Å². The summed E-state index contributed by atoms with van der Waals surface area (Å²) in [6, 6.07) is 13.6. The fourth-order valence-electron chi connectivity index (χ4n) is 3.73. The van der Waals surface area contributed by atoms with Gasteiger partial charge in [-0.15, -0.1) is 11.8 Å². The van der Waals surface area contributed by atoms with Crippen LogP contribution in [-0.2, 0) is 20.8 Å². The summed E-state index contributed by atoms with van der Waals surface area (Å²) >= 11 is 1.40. The average Bonchev–Trinajstić information content (AvgIpc) is 2.78. The molecule has 5 N–H and O–H groups in total. The lowest BCUT2D eigenvalue weighted by atomic mass is 9.98. The zero-order valence-corrected chi connectivity index (χ0v) is 17.2. The summed E-state index contributed by atoms with van der Waals surface area (Å²) in [4.78, 5) is 38.5. The average molecular weight is 439 g/mol. The van der Waals surface area contributed by atoms with Gasteiger partial charge >= 0.3 is 5.97 Å². The summed E-state index contributed by atoms with van der Waals surface area (Å²) in [5, 5.41) is 21.4. The number of benzene rings is 2. The van der Waals surface area contributed by atoms with E-state index in [-0.39, 0.29) is 11.4 Å². The highest BCUT2D eigenvalue weighted by Gasteiger charge is 2.54. The molecular formula is C22H21N3O5S. The van der Waals surface area contributed by atoms with Gasteiger partial charge in [-0.25, -0.2) is 4.79 Å². The van der Waals surface area contributed by atoms with Gasteiger partial charge in [-0.05, 0) is 35.3 Å². The molecule has 9 heteroatoms. The molecule has 0 bridgehead atoms. The van der Waals surface area contributed by atoms with E-state index in [1.54, 1.807) is 36.4 Å². The molecule has 4 rings (SSSR count). The molecule has 2 aromatic carbocycles. The number of rotatable bonds is 6. The van der Waals surface area contributed by atoms with Crippen molar-refractivity contribution in [1.29, 1.82) is 0 Å². The Morgan fingerprint density at radius 3 is 2.48 bits per heavy atom. The summed E-state index contributed by atoms with van der Waals surface area (Å²) in [5.41, 5.74) is 8.03. The number of carboxylic acid groups (broad SMARTS) is 1. The second-order valence-corrected chi connectivity index (χ2v) is 8.49. The van der Waals surface area contributed by atoms with Crippen molar-refractivity contribution >= 4 is 29.5 Å². The van der Waals surface area contributed by atoms with Crippen LogP contribution in [0, 0.1) is 0 Å². The van der Waals surface area contributed by atoms with Crippen molar-refractivity contribution in [3.63, 3.8) is 0 Å². The van der Waals surface area contributed by atoms with Crippen LogP contribution in [0.25, 0.3) is 0 Å². The number of nitrogens with two attached hydrogens (primary N) is 1. The largest absolute Gasteiger partial charge is 0.508 e. The molecular weight excluding hydrogens is 418 g/mol. The Morgan fingerprint density at radius 2 is 1.84 bits per heavy atom. The minimum absolute atomic E-state index is 0.0420. The van der Waals surface area contributed by atoms with Crippen molar-refractivity contribution < 1.29 is 24.6 Å². The zero-order valence-electron chi connectivity index (χ0n) is 16.4. The Morgan fingerprint density at radius 1 is 1.16 bits per heavy atom. The maximum absolute atomic E-state index is 12.8. The number of nitrogens with one attached hydrogen (secondary N) is 1. The first-order valence-electron chi connectivity index (χ1n) is 9.65. The number of thioether (sulfide) groups is 1. The van der Waals surface area contributed by atoms with Crippen molar-refractivity contribution in [2.45, 2.75) is 23.9 Å². The van der Waals surface area contributed by atoms with E-state index < -0.39 is 35.2 Å². The van der Waals surface area contributed by atoms with Crippen molar-refractivity contribution in [2.24, 2.45) is 5.73 Å². The third-order valence-electron chi connectivity index (χ3n) is 5.34. The molecule has 160 valence electrons. The number of amides is 2. The molecule has 0 radical (unpaired) electrons. The standard InChI is InChI=1S/C22H21N3O5S/c23-16(13-4-2-1-3-5-13)19(27)24-17-20(28)25-18(22(29)30)14(11-31-21(17)25)10-12-6-8-15(26)9-7-12/h1-9,16-17,21,26H,10-11,23H2,(H,24,27)(H,29,30)/t16-,17+,21-/m0/s1. The molecule has 0 unspecified atom stereocenters. The molecule has 0 aromatic heterocycles. The van der Waals surface area contributed by atoms with E-state index in [0.29, 0.717) is 23.3 Å². The maximum atomic E-state index is 12.8. The van der Waals surface area contributed by atoms with Crippen LogP contribution >= 0.6 is 11.8 Å². The van der Waals surface area contributed by atoms with E-state index in [0.717, 1.165) is 5.56 Å². The van der Waals surface area contributed by atoms with Crippen LogP contribution in [0.3, 0.4) is 0 Å². The first kappa shape index (κ1) is 21.0. The lowest BCUT2D eigenvalue weighted by Crippen LogP contribution is -2.71. The Kier molecular flexibility index (Phi) is 5.71. The SMILES string of the molecule is N[C@H](C(=O)N[C@@H]1C(=O)N2C(C(=O)O)=C(Cc3ccc(O)cc3)CS[C@@H]12)c1ccccc1. The van der Waals surface area contributed by atoms with E-state index in [4.69, 9.17) is 5.73 Å². The van der Waals surface area contributed by atoms with Crippen LogP contribution in [0.5, 0.6) is 5.75 Å². The highest BCUT2D eigenvalue weighted by molar-refractivity contribution is 8.00. The van der Waals surface area contributed by atoms with Gasteiger partial charge in [-0.3, -0.25) is 14.5 Å². The van der Waals surface area contributed by atoms with Gasteiger partial charge in [0.25, 0.3) is 5.91 Å². The van der Waals surface area contributed by atoms with E-state index in [2.05, 4.69) is 5.32 Å². The lowest BCUT2D eigenvalue weighted by molar-refractivity contribution is -0.150. The number of carbonyl (C=O) groups excluding carboxylic acids is 2.